The fraction of sp³-hybridized carbons (Fsp3) is 0.375. The zero-order valence-corrected chi connectivity index (χ0v) is 15.7. The Hall–Kier alpha value is -0.300. The van der Waals surface area contributed by atoms with Gasteiger partial charge in [0.1, 0.15) is 0 Å². The highest BCUT2D eigenvalue weighted by atomic mass is 32.2. The monoisotopic (exact) mass is 368 g/mol. The molecule has 2 heterocycles. The van der Waals surface area contributed by atoms with Crippen molar-refractivity contribution in [3.05, 3.63) is 48.8 Å². The van der Waals surface area contributed by atoms with Gasteiger partial charge in [0.2, 0.25) is 0 Å². The van der Waals surface area contributed by atoms with Gasteiger partial charge in [0.15, 0.2) is 0 Å². The van der Waals surface area contributed by atoms with Crippen molar-refractivity contribution in [3.8, 4) is 0 Å². The molecule has 2 aromatic rings. The van der Waals surface area contributed by atoms with Crippen LogP contribution in [0.4, 0.5) is 0 Å². The van der Waals surface area contributed by atoms with Crippen molar-refractivity contribution >= 4 is 47.0 Å². The first kappa shape index (κ1) is 18.0. The molecule has 118 valence electrons. The molecule has 0 amide bonds. The maximum absolute atomic E-state index is 4.31. The van der Waals surface area contributed by atoms with Gasteiger partial charge in [-0.2, -0.15) is 23.5 Å². The van der Waals surface area contributed by atoms with Crippen molar-refractivity contribution in [2.75, 3.05) is 34.5 Å². The molecule has 6 heteroatoms. The van der Waals surface area contributed by atoms with Crippen molar-refractivity contribution in [1.82, 2.24) is 9.97 Å². The normalized spacial score (nSPS) is 10.7. The lowest BCUT2D eigenvalue weighted by atomic mass is 10.5. The Kier molecular flexibility index (Phi) is 9.98. The van der Waals surface area contributed by atoms with E-state index in [4.69, 9.17) is 0 Å². The summed E-state index contributed by atoms with van der Waals surface area (Å²) in [5, 5.41) is 2.26. The van der Waals surface area contributed by atoms with E-state index in [1.807, 2.05) is 83.7 Å². The van der Waals surface area contributed by atoms with Crippen molar-refractivity contribution in [1.29, 1.82) is 0 Å². The van der Waals surface area contributed by atoms with E-state index in [9.17, 15) is 0 Å². The van der Waals surface area contributed by atoms with E-state index in [0.29, 0.717) is 0 Å². The van der Waals surface area contributed by atoms with Gasteiger partial charge in [-0.25, -0.2) is 9.97 Å². The zero-order valence-electron chi connectivity index (χ0n) is 12.4. The van der Waals surface area contributed by atoms with Gasteiger partial charge in [-0.1, -0.05) is 12.1 Å². The Bertz CT molecular complexity index is 449. The van der Waals surface area contributed by atoms with Crippen LogP contribution in [0.15, 0.2) is 58.8 Å². The largest absolute Gasteiger partial charge is 0.250 e. The third kappa shape index (κ3) is 8.36. The van der Waals surface area contributed by atoms with Crippen LogP contribution in [0.2, 0.25) is 0 Å². The molecule has 0 fully saturated rings. The summed E-state index contributed by atoms with van der Waals surface area (Å²) < 4.78 is 0. The average molecular weight is 369 g/mol. The first-order valence-corrected chi connectivity index (χ1v) is 11.5. The second kappa shape index (κ2) is 12.2. The third-order valence-electron chi connectivity index (χ3n) is 2.60. The standard InChI is InChI=1S/C16H20N2S4/c1-3-7-17-15(5-1)21-13-11-19-9-10-20-12-14-22-16-6-2-4-8-18-16/h1-8H,9-14H2. The van der Waals surface area contributed by atoms with Gasteiger partial charge in [-0.15, -0.1) is 23.5 Å². The van der Waals surface area contributed by atoms with E-state index in [0.717, 1.165) is 21.6 Å². The summed E-state index contributed by atoms with van der Waals surface area (Å²) >= 11 is 7.76. The highest BCUT2D eigenvalue weighted by molar-refractivity contribution is 8.05. The van der Waals surface area contributed by atoms with Crippen LogP contribution in [0.3, 0.4) is 0 Å². The Labute approximate surface area is 150 Å². The maximum Gasteiger partial charge on any atom is 0.0960 e. The highest BCUT2D eigenvalue weighted by Gasteiger charge is 1.97. The third-order valence-corrected chi connectivity index (χ3v) is 7.24. The van der Waals surface area contributed by atoms with Gasteiger partial charge in [0.05, 0.1) is 10.1 Å². The summed E-state index contributed by atoms with van der Waals surface area (Å²) in [7, 11) is 0. The van der Waals surface area contributed by atoms with E-state index in [1.165, 1.54) is 23.0 Å². The topological polar surface area (TPSA) is 25.8 Å². The fourth-order valence-corrected chi connectivity index (χ4v) is 5.60. The Morgan fingerprint density at radius 3 is 1.45 bits per heavy atom. The van der Waals surface area contributed by atoms with E-state index in [2.05, 4.69) is 22.1 Å². The molecule has 2 aromatic heterocycles. The average Bonchev–Trinajstić information content (AvgIpc) is 2.58. The molecule has 0 N–H and O–H groups in total. The number of nitrogens with zero attached hydrogens (tertiary/aromatic N) is 2. The molecule has 0 atom stereocenters. The molecule has 0 unspecified atom stereocenters. The Morgan fingerprint density at radius 2 is 1.05 bits per heavy atom. The molecule has 0 aliphatic rings. The summed E-state index contributed by atoms with van der Waals surface area (Å²) in [5.41, 5.74) is 0. The summed E-state index contributed by atoms with van der Waals surface area (Å²) in [6.07, 6.45) is 3.71. The fourth-order valence-electron chi connectivity index (χ4n) is 1.60. The number of hydrogen-bond acceptors (Lipinski definition) is 6. The number of aromatic nitrogens is 2. The summed E-state index contributed by atoms with van der Waals surface area (Å²) in [5.74, 6) is 7.15. The van der Waals surface area contributed by atoms with Crippen LogP contribution < -0.4 is 0 Å². The minimum atomic E-state index is 1.13. The molecule has 0 aliphatic heterocycles. The van der Waals surface area contributed by atoms with Crippen molar-refractivity contribution in [3.63, 3.8) is 0 Å². The van der Waals surface area contributed by atoms with Gasteiger partial charge >= 0.3 is 0 Å². The molecule has 2 rings (SSSR count). The lowest BCUT2D eigenvalue weighted by Gasteiger charge is -2.03. The van der Waals surface area contributed by atoms with Gasteiger partial charge in [0, 0.05) is 46.9 Å². The lowest BCUT2D eigenvalue weighted by Crippen LogP contribution is -1.93. The number of rotatable bonds is 11. The number of pyridine rings is 2. The van der Waals surface area contributed by atoms with E-state index in [1.54, 1.807) is 0 Å². The van der Waals surface area contributed by atoms with Crippen LogP contribution in [-0.2, 0) is 0 Å². The van der Waals surface area contributed by atoms with Crippen LogP contribution >= 0.6 is 47.0 Å². The summed E-state index contributed by atoms with van der Waals surface area (Å²) in [6.45, 7) is 0. The smallest absolute Gasteiger partial charge is 0.0960 e. The van der Waals surface area contributed by atoms with E-state index >= 15 is 0 Å². The molecule has 0 aromatic carbocycles. The quantitative estimate of drug-likeness (QED) is 0.416. The number of hydrogen-bond donors (Lipinski definition) is 0. The van der Waals surface area contributed by atoms with Gasteiger partial charge < -0.3 is 0 Å². The first-order chi connectivity index (χ1) is 10.9. The molecule has 0 saturated heterocycles. The molecule has 0 spiro atoms. The molecule has 0 saturated carbocycles. The van der Waals surface area contributed by atoms with Crippen LogP contribution in [0.1, 0.15) is 0 Å². The molecular weight excluding hydrogens is 348 g/mol. The molecular formula is C16H20N2S4. The molecule has 22 heavy (non-hydrogen) atoms. The van der Waals surface area contributed by atoms with Crippen LogP contribution in [0.5, 0.6) is 0 Å². The summed E-state index contributed by atoms with van der Waals surface area (Å²) in [4.78, 5) is 8.63. The van der Waals surface area contributed by atoms with Crippen molar-refractivity contribution in [2.24, 2.45) is 0 Å². The Morgan fingerprint density at radius 1 is 0.591 bits per heavy atom. The van der Waals surface area contributed by atoms with Crippen LogP contribution in [-0.4, -0.2) is 44.5 Å². The molecule has 0 radical (unpaired) electrons. The summed E-state index contributed by atoms with van der Waals surface area (Å²) in [6, 6.07) is 12.2. The molecule has 2 nitrogen and oxygen atoms in total. The van der Waals surface area contributed by atoms with Crippen LogP contribution in [0, 0.1) is 0 Å². The SMILES string of the molecule is c1ccc(SCCSCCSCCSc2ccccn2)nc1. The predicted octanol–water partition coefficient (Wildman–Crippen LogP) is 4.83. The lowest BCUT2D eigenvalue weighted by molar-refractivity contribution is 1.13. The minimum Gasteiger partial charge on any atom is -0.250 e. The van der Waals surface area contributed by atoms with Gasteiger partial charge in [-0.3, -0.25) is 0 Å². The highest BCUT2D eigenvalue weighted by Crippen LogP contribution is 2.18. The number of thioether (sulfide) groups is 4. The first-order valence-electron chi connectivity index (χ1n) is 7.18. The van der Waals surface area contributed by atoms with Crippen molar-refractivity contribution < 1.29 is 0 Å². The van der Waals surface area contributed by atoms with Gasteiger partial charge in [0.25, 0.3) is 0 Å². The maximum atomic E-state index is 4.31. The Balaban J connectivity index is 1.37. The second-order valence-electron chi connectivity index (χ2n) is 4.26. The van der Waals surface area contributed by atoms with E-state index in [-0.39, 0.29) is 0 Å². The minimum absolute atomic E-state index is 1.13. The van der Waals surface area contributed by atoms with Crippen LogP contribution in [0.25, 0.3) is 0 Å². The van der Waals surface area contributed by atoms with Gasteiger partial charge in [-0.05, 0) is 24.3 Å². The second-order valence-corrected chi connectivity index (χ2v) is 8.94. The van der Waals surface area contributed by atoms with Crippen molar-refractivity contribution in [2.45, 2.75) is 10.1 Å². The molecule has 0 aliphatic carbocycles. The van der Waals surface area contributed by atoms with E-state index < -0.39 is 0 Å². The predicted molar refractivity (Wildman–Crippen MR) is 105 cm³/mol. The molecule has 0 bridgehead atoms. The zero-order chi connectivity index (χ0) is 15.3.